The van der Waals surface area contributed by atoms with Crippen molar-refractivity contribution in [1.29, 1.82) is 0 Å². The van der Waals surface area contributed by atoms with E-state index in [9.17, 15) is 0 Å². The molecule has 0 atom stereocenters. The van der Waals surface area contributed by atoms with Gasteiger partial charge < -0.3 is 10.2 Å². The van der Waals surface area contributed by atoms with E-state index in [0.717, 1.165) is 23.8 Å². The third kappa shape index (κ3) is 2.78. The molecule has 1 N–H and O–H groups in total. The molecule has 1 saturated carbocycles. The van der Waals surface area contributed by atoms with Gasteiger partial charge in [0.1, 0.15) is 0 Å². The number of hydrogen-bond donors (Lipinski definition) is 1. The van der Waals surface area contributed by atoms with Gasteiger partial charge >= 0.3 is 0 Å². The van der Waals surface area contributed by atoms with E-state index in [1.807, 2.05) is 0 Å². The number of nitrogens with one attached hydrogen (secondary N) is 1. The van der Waals surface area contributed by atoms with Crippen molar-refractivity contribution in [1.82, 2.24) is 10.2 Å². The van der Waals surface area contributed by atoms with Gasteiger partial charge in [-0.1, -0.05) is 20.8 Å². The van der Waals surface area contributed by atoms with E-state index in [-0.39, 0.29) is 0 Å². The Morgan fingerprint density at radius 3 is 2.56 bits per heavy atom. The number of rotatable bonds is 6. The maximum Gasteiger partial charge on any atom is 0.00508 e. The molecule has 94 valence electrons. The third-order valence-corrected chi connectivity index (χ3v) is 4.16. The van der Waals surface area contributed by atoms with Crippen LogP contribution >= 0.6 is 0 Å². The van der Waals surface area contributed by atoms with Crippen LogP contribution in [0.25, 0.3) is 0 Å². The first-order valence-electron chi connectivity index (χ1n) is 7.06. The predicted molar refractivity (Wildman–Crippen MR) is 69.6 cm³/mol. The summed E-state index contributed by atoms with van der Waals surface area (Å²) in [4.78, 5) is 2.64. The van der Waals surface area contributed by atoms with Crippen LogP contribution in [0.15, 0.2) is 0 Å². The summed E-state index contributed by atoms with van der Waals surface area (Å²) in [6, 6.07) is 0. The van der Waals surface area contributed by atoms with Crippen LogP contribution in [-0.2, 0) is 0 Å². The summed E-state index contributed by atoms with van der Waals surface area (Å²) in [5.41, 5.74) is 0.770. The normalized spacial score (nSPS) is 24.8. The molecule has 2 aliphatic rings. The summed E-state index contributed by atoms with van der Waals surface area (Å²) >= 11 is 0. The zero-order chi connectivity index (χ0) is 11.6. The van der Waals surface area contributed by atoms with Gasteiger partial charge in [0.05, 0.1) is 0 Å². The highest BCUT2D eigenvalue weighted by molar-refractivity contribution is 5.04. The average molecular weight is 224 g/mol. The van der Waals surface area contributed by atoms with E-state index in [1.165, 1.54) is 45.4 Å². The molecule has 0 unspecified atom stereocenters. The van der Waals surface area contributed by atoms with Crippen molar-refractivity contribution in [3.63, 3.8) is 0 Å². The highest BCUT2D eigenvalue weighted by atomic mass is 15.2. The summed E-state index contributed by atoms with van der Waals surface area (Å²) in [6.07, 6.45) is 4.42. The lowest BCUT2D eigenvalue weighted by Crippen LogP contribution is -2.62. The molecule has 0 radical (unpaired) electrons. The zero-order valence-corrected chi connectivity index (χ0v) is 11.3. The smallest absolute Gasteiger partial charge is 0.00508 e. The Morgan fingerprint density at radius 2 is 2.00 bits per heavy atom. The van der Waals surface area contributed by atoms with Crippen molar-refractivity contribution in [3.05, 3.63) is 0 Å². The minimum Gasteiger partial charge on any atom is -0.317 e. The van der Waals surface area contributed by atoms with E-state index in [1.54, 1.807) is 0 Å². The van der Waals surface area contributed by atoms with E-state index in [4.69, 9.17) is 0 Å². The molecular formula is C14H28N2. The van der Waals surface area contributed by atoms with Crippen LogP contribution in [0, 0.1) is 17.3 Å². The molecule has 1 spiro atoms. The first kappa shape index (κ1) is 12.4. The van der Waals surface area contributed by atoms with Crippen LogP contribution in [0.1, 0.15) is 40.0 Å². The maximum absolute atomic E-state index is 3.44. The lowest BCUT2D eigenvalue weighted by atomic mass is 9.57. The van der Waals surface area contributed by atoms with E-state index < -0.39 is 0 Å². The standard InChI is InChI=1S/C14H28N2/c1-4-15-6-5-13-7-14(8-13)10-16(11-14)9-12(2)3/h12-13,15H,4-11H2,1-3H3. The fourth-order valence-corrected chi connectivity index (χ4v) is 3.66. The molecule has 0 amide bonds. The Balaban J connectivity index is 1.56. The lowest BCUT2D eigenvalue weighted by molar-refractivity contribution is -0.0991. The Kier molecular flexibility index (Phi) is 3.91. The van der Waals surface area contributed by atoms with Crippen LogP contribution in [-0.4, -0.2) is 37.6 Å². The number of likely N-dealkylation sites (tertiary alicyclic amines) is 1. The van der Waals surface area contributed by atoms with Crippen molar-refractivity contribution >= 4 is 0 Å². The molecule has 1 heterocycles. The molecule has 2 heteroatoms. The Bertz CT molecular complexity index is 211. The Labute approximate surface area is 101 Å². The zero-order valence-electron chi connectivity index (χ0n) is 11.3. The first-order chi connectivity index (χ1) is 7.63. The highest BCUT2D eigenvalue weighted by Gasteiger charge is 2.51. The van der Waals surface area contributed by atoms with E-state index in [2.05, 4.69) is 31.0 Å². The molecule has 2 nitrogen and oxygen atoms in total. The lowest BCUT2D eigenvalue weighted by Gasteiger charge is -2.60. The molecule has 1 aliphatic heterocycles. The molecule has 0 aromatic rings. The van der Waals surface area contributed by atoms with Crippen molar-refractivity contribution in [2.45, 2.75) is 40.0 Å². The largest absolute Gasteiger partial charge is 0.317 e. The Morgan fingerprint density at radius 1 is 1.31 bits per heavy atom. The predicted octanol–water partition coefficient (Wildman–Crippen LogP) is 2.35. The number of nitrogens with zero attached hydrogens (tertiary/aromatic N) is 1. The molecule has 1 aliphatic carbocycles. The van der Waals surface area contributed by atoms with Gasteiger partial charge in [0, 0.05) is 19.6 Å². The van der Waals surface area contributed by atoms with Crippen molar-refractivity contribution in [2.24, 2.45) is 17.3 Å². The molecule has 0 aromatic heterocycles. The Hall–Kier alpha value is -0.0800. The molecule has 0 aromatic carbocycles. The fraction of sp³-hybridized carbons (Fsp3) is 1.00. The van der Waals surface area contributed by atoms with Gasteiger partial charge in [-0.2, -0.15) is 0 Å². The quantitative estimate of drug-likeness (QED) is 0.697. The van der Waals surface area contributed by atoms with Gasteiger partial charge in [0.15, 0.2) is 0 Å². The minimum atomic E-state index is 0.770. The topological polar surface area (TPSA) is 15.3 Å². The van der Waals surface area contributed by atoms with Gasteiger partial charge in [-0.3, -0.25) is 0 Å². The second kappa shape index (κ2) is 5.05. The molecular weight excluding hydrogens is 196 g/mol. The molecule has 2 rings (SSSR count). The van der Waals surface area contributed by atoms with Gasteiger partial charge in [-0.25, -0.2) is 0 Å². The first-order valence-corrected chi connectivity index (χ1v) is 7.06. The van der Waals surface area contributed by atoms with Crippen molar-refractivity contribution < 1.29 is 0 Å². The van der Waals surface area contributed by atoms with Crippen molar-refractivity contribution in [3.8, 4) is 0 Å². The molecule has 0 bridgehead atoms. The van der Waals surface area contributed by atoms with Gasteiger partial charge in [0.25, 0.3) is 0 Å². The van der Waals surface area contributed by atoms with Gasteiger partial charge in [-0.05, 0) is 49.6 Å². The monoisotopic (exact) mass is 224 g/mol. The highest BCUT2D eigenvalue weighted by Crippen LogP contribution is 2.52. The van der Waals surface area contributed by atoms with Crippen LogP contribution in [0.2, 0.25) is 0 Å². The molecule has 1 saturated heterocycles. The van der Waals surface area contributed by atoms with Gasteiger partial charge in [-0.15, -0.1) is 0 Å². The second-order valence-corrected chi connectivity index (χ2v) is 6.48. The summed E-state index contributed by atoms with van der Waals surface area (Å²) in [5.74, 6) is 1.86. The summed E-state index contributed by atoms with van der Waals surface area (Å²) in [7, 11) is 0. The van der Waals surface area contributed by atoms with E-state index >= 15 is 0 Å². The summed E-state index contributed by atoms with van der Waals surface area (Å²) < 4.78 is 0. The molecule has 2 fully saturated rings. The van der Waals surface area contributed by atoms with Crippen LogP contribution in [0.5, 0.6) is 0 Å². The maximum atomic E-state index is 3.44. The van der Waals surface area contributed by atoms with E-state index in [0.29, 0.717) is 0 Å². The summed E-state index contributed by atoms with van der Waals surface area (Å²) in [6.45, 7) is 13.3. The SMILES string of the molecule is CCNCCC1CC2(C1)CN(CC(C)C)C2. The van der Waals surface area contributed by atoms with Crippen LogP contribution < -0.4 is 5.32 Å². The van der Waals surface area contributed by atoms with Crippen LogP contribution in [0.4, 0.5) is 0 Å². The summed E-state index contributed by atoms with van der Waals surface area (Å²) in [5, 5.41) is 3.44. The molecule has 16 heavy (non-hydrogen) atoms. The van der Waals surface area contributed by atoms with Crippen LogP contribution in [0.3, 0.4) is 0 Å². The van der Waals surface area contributed by atoms with Gasteiger partial charge in [0.2, 0.25) is 0 Å². The average Bonchev–Trinajstić information content (AvgIpc) is 2.09. The number of hydrogen-bond acceptors (Lipinski definition) is 2. The third-order valence-electron chi connectivity index (χ3n) is 4.16. The minimum absolute atomic E-state index is 0.770. The fourth-order valence-electron chi connectivity index (χ4n) is 3.66. The van der Waals surface area contributed by atoms with Crippen molar-refractivity contribution in [2.75, 3.05) is 32.7 Å². The second-order valence-electron chi connectivity index (χ2n) is 6.48.